The number of methoxy groups -OCH3 is 1. The second-order valence-electron chi connectivity index (χ2n) is 9.13. The largest absolute Gasteiger partial charge is 0.469 e. The highest BCUT2D eigenvalue weighted by Crippen LogP contribution is 2.35. The fraction of sp³-hybridized carbons (Fsp3) is 0.429. The van der Waals surface area contributed by atoms with Crippen LogP contribution in [0, 0.1) is 13.8 Å². The van der Waals surface area contributed by atoms with Gasteiger partial charge in [0.1, 0.15) is 5.78 Å². The number of ketones is 1. The van der Waals surface area contributed by atoms with Gasteiger partial charge in [0.25, 0.3) is 11.8 Å². The van der Waals surface area contributed by atoms with Gasteiger partial charge in [0.2, 0.25) is 0 Å². The number of anilines is 1. The van der Waals surface area contributed by atoms with Gasteiger partial charge < -0.3 is 25.3 Å². The standard InChI is InChI=1S/C28H36N4O5/c1-6-32(7-2)13-12-29-28(36)26-17(3)24(30-18(26)4)16-22-21-15-19(8-10-23(21)31-27(22)35)14-20(33)9-11-25(34)37-5/h8,10,15-16,30H,6-7,9,11-14H2,1-5H3,(H,29,36)(H,31,35)/b22-16-. The molecule has 1 aliphatic rings. The van der Waals surface area contributed by atoms with Gasteiger partial charge in [0.15, 0.2) is 0 Å². The Morgan fingerprint density at radius 3 is 2.51 bits per heavy atom. The minimum atomic E-state index is -0.420. The quantitative estimate of drug-likeness (QED) is 0.299. The number of nitrogens with one attached hydrogen (secondary N) is 3. The third-order valence-corrected chi connectivity index (χ3v) is 6.70. The monoisotopic (exact) mass is 508 g/mol. The fourth-order valence-corrected chi connectivity index (χ4v) is 4.51. The van der Waals surface area contributed by atoms with Crippen molar-refractivity contribution in [2.24, 2.45) is 0 Å². The van der Waals surface area contributed by atoms with Crippen molar-refractivity contribution in [3.63, 3.8) is 0 Å². The number of hydrogen-bond acceptors (Lipinski definition) is 6. The van der Waals surface area contributed by atoms with Crippen molar-refractivity contribution in [2.45, 2.75) is 47.0 Å². The van der Waals surface area contributed by atoms with E-state index in [2.05, 4.69) is 39.1 Å². The number of carbonyl (C=O) groups excluding carboxylic acids is 4. The Morgan fingerprint density at radius 1 is 1.11 bits per heavy atom. The average molecular weight is 509 g/mol. The van der Waals surface area contributed by atoms with Crippen LogP contribution in [0.2, 0.25) is 0 Å². The summed E-state index contributed by atoms with van der Waals surface area (Å²) >= 11 is 0. The van der Waals surface area contributed by atoms with Crippen molar-refractivity contribution >= 4 is 40.9 Å². The van der Waals surface area contributed by atoms with E-state index < -0.39 is 5.97 Å². The number of Topliss-reactive ketones (excluding diaryl/α,β-unsaturated/α-hetero) is 1. The highest BCUT2D eigenvalue weighted by atomic mass is 16.5. The summed E-state index contributed by atoms with van der Waals surface area (Å²) in [6.07, 6.45) is 2.05. The molecule has 3 N–H and O–H groups in total. The molecule has 2 aromatic rings. The summed E-state index contributed by atoms with van der Waals surface area (Å²) < 4.78 is 4.59. The Balaban J connectivity index is 1.79. The first-order valence-electron chi connectivity index (χ1n) is 12.6. The first-order valence-corrected chi connectivity index (χ1v) is 12.6. The molecular formula is C28H36N4O5. The van der Waals surface area contributed by atoms with E-state index >= 15 is 0 Å². The van der Waals surface area contributed by atoms with Gasteiger partial charge in [-0.1, -0.05) is 19.9 Å². The van der Waals surface area contributed by atoms with Crippen LogP contribution in [0.1, 0.15) is 65.1 Å². The van der Waals surface area contributed by atoms with Crippen molar-refractivity contribution in [3.05, 3.63) is 51.8 Å². The lowest BCUT2D eigenvalue weighted by atomic mass is 9.99. The summed E-state index contributed by atoms with van der Waals surface area (Å²) in [6, 6.07) is 5.39. The third-order valence-electron chi connectivity index (χ3n) is 6.70. The molecule has 1 aromatic heterocycles. The van der Waals surface area contributed by atoms with Gasteiger partial charge in [0, 0.05) is 48.6 Å². The Kier molecular flexibility index (Phi) is 9.41. The van der Waals surface area contributed by atoms with Crippen LogP contribution in [0.5, 0.6) is 0 Å². The van der Waals surface area contributed by atoms with Crippen LogP contribution < -0.4 is 10.6 Å². The highest BCUT2D eigenvalue weighted by molar-refractivity contribution is 6.35. The normalized spacial score (nSPS) is 13.6. The maximum atomic E-state index is 12.9. The number of carbonyl (C=O) groups is 4. The molecule has 2 heterocycles. The van der Waals surface area contributed by atoms with Crippen LogP contribution in [-0.2, 0) is 25.5 Å². The number of aromatic amines is 1. The minimum absolute atomic E-state index is 0.0439. The zero-order valence-electron chi connectivity index (χ0n) is 22.2. The molecular weight excluding hydrogens is 472 g/mol. The topological polar surface area (TPSA) is 121 Å². The maximum absolute atomic E-state index is 12.9. The molecule has 0 saturated carbocycles. The van der Waals surface area contributed by atoms with Crippen LogP contribution in [0.25, 0.3) is 11.6 Å². The summed E-state index contributed by atoms with van der Waals surface area (Å²) in [4.78, 5) is 54.8. The lowest BCUT2D eigenvalue weighted by Gasteiger charge is -2.18. The summed E-state index contributed by atoms with van der Waals surface area (Å²) in [5, 5.41) is 5.85. The lowest BCUT2D eigenvalue weighted by Crippen LogP contribution is -2.35. The minimum Gasteiger partial charge on any atom is -0.469 e. The molecule has 0 unspecified atom stereocenters. The van der Waals surface area contributed by atoms with Crippen LogP contribution in [-0.4, -0.2) is 66.7 Å². The molecule has 37 heavy (non-hydrogen) atoms. The van der Waals surface area contributed by atoms with E-state index in [1.165, 1.54) is 7.11 Å². The number of amides is 2. The van der Waals surface area contributed by atoms with E-state index in [1.54, 1.807) is 18.2 Å². The highest BCUT2D eigenvalue weighted by Gasteiger charge is 2.26. The number of ether oxygens (including phenoxy) is 1. The zero-order valence-corrected chi connectivity index (χ0v) is 22.2. The van der Waals surface area contributed by atoms with Crippen molar-refractivity contribution in [3.8, 4) is 0 Å². The summed E-state index contributed by atoms with van der Waals surface area (Å²) in [5.41, 5.74) is 5.32. The molecule has 198 valence electrons. The van der Waals surface area contributed by atoms with E-state index in [4.69, 9.17) is 0 Å². The van der Waals surface area contributed by atoms with E-state index in [0.29, 0.717) is 34.6 Å². The van der Waals surface area contributed by atoms with Gasteiger partial charge >= 0.3 is 5.97 Å². The molecule has 2 amide bonds. The number of rotatable bonds is 12. The number of hydrogen-bond donors (Lipinski definition) is 3. The number of nitrogens with zero attached hydrogens (tertiary/aromatic N) is 1. The molecule has 9 heteroatoms. The number of esters is 1. The van der Waals surface area contributed by atoms with Gasteiger partial charge in [-0.05, 0) is 56.3 Å². The van der Waals surface area contributed by atoms with Crippen LogP contribution in [0.3, 0.4) is 0 Å². The van der Waals surface area contributed by atoms with E-state index in [-0.39, 0.29) is 36.9 Å². The molecule has 0 spiro atoms. The number of aromatic nitrogens is 1. The zero-order chi connectivity index (χ0) is 27.1. The van der Waals surface area contributed by atoms with Crippen molar-refractivity contribution in [1.82, 2.24) is 15.2 Å². The predicted molar refractivity (Wildman–Crippen MR) is 143 cm³/mol. The molecule has 0 saturated heterocycles. The van der Waals surface area contributed by atoms with Gasteiger partial charge in [-0.3, -0.25) is 19.2 Å². The molecule has 0 bridgehead atoms. The Morgan fingerprint density at radius 2 is 1.84 bits per heavy atom. The summed E-state index contributed by atoms with van der Waals surface area (Å²) in [7, 11) is 1.29. The van der Waals surface area contributed by atoms with Crippen molar-refractivity contribution in [2.75, 3.05) is 38.6 Å². The molecule has 3 rings (SSSR count). The summed E-state index contributed by atoms with van der Waals surface area (Å²) in [5.74, 6) is -0.898. The smallest absolute Gasteiger partial charge is 0.305 e. The molecule has 1 aromatic carbocycles. The third kappa shape index (κ3) is 6.74. The van der Waals surface area contributed by atoms with E-state index in [1.807, 2.05) is 19.9 Å². The first-order chi connectivity index (χ1) is 17.7. The van der Waals surface area contributed by atoms with Crippen LogP contribution in [0.4, 0.5) is 5.69 Å². The Bertz CT molecular complexity index is 1220. The van der Waals surface area contributed by atoms with Crippen LogP contribution in [0.15, 0.2) is 18.2 Å². The second kappa shape index (κ2) is 12.5. The Hall–Kier alpha value is -3.72. The number of benzene rings is 1. The first kappa shape index (κ1) is 27.9. The van der Waals surface area contributed by atoms with Crippen molar-refractivity contribution < 1.29 is 23.9 Å². The van der Waals surface area contributed by atoms with Gasteiger partial charge in [-0.15, -0.1) is 0 Å². The molecule has 0 fully saturated rings. The molecule has 0 aliphatic carbocycles. The van der Waals surface area contributed by atoms with Crippen molar-refractivity contribution in [1.29, 1.82) is 0 Å². The number of aryl methyl sites for hydroxylation is 1. The molecule has 0 radical (unpaired) electrons. The van der Waals surface area contributed by atoms with E-state index in [0.717, 1.165) is 36.5 Å². The van der Waals surface area contributed by atoms with Gasteiger partial charge in [-0.2, -0.15) is 0 Å². The number of fused-ring (bicyclic) bond motifs is 1. The van der Waals surface area contributed by atoms with Gasteiger partial charge in [0.05, 0.1) is 24.7 Å². The SMILES string of the molecule is CCN(CC)CCNC(=O)c1c(C)[nH]c(/C=C2\C(=O)Nc3ccc(CC(=O)CCC(=O)OC)cc32)c1C. The van der Waals surface area contributed by atoms with Crippen LogP contribution >= 0.6 is 0 Å². The fourth-order valence-electron chi connectivity index (χ4n) is 4.51. The summed E-state index contributed by atoms with van der Waals surface area (Å²) in [6.45, 7) is 11.1. The molecule has 9 nitrogen and oxygen atoms in total. The molecule has 1 aliphatic heterocycles. The number of H-pyrrole nitrogens is 1. The Labute approximate surface area is 217 Å². The average Bonchev–Trinajstić information content (AvgIpc) is 3.34. The number of likely N-dealkylation sites (N-methyl/N-ethyl adjacent to an activating group) is 1. The van der Waals surface area contributed by atoms with E-state index in [9.17, 15) is 19.2 Å². The lowest BCUT2D eigenvalue weighted by molar-refractivity contribution is -0.141. The molecule has 0 atom stereocenters. The predicted octanol–water partition coefficient (Wildman–Crippen LogP) is 3.26. The van der Waals surface area contributed by atoms with Gasteiger partial charge in [-0.25, -0.2) is 0 Å². The maximum Gasteiger partial charge on any atom is 0.305 e. The second-order valence-corrected chi connectivity index (χ2v) is 9.13.